The van der Waals surface area contributed by atoms with Gasteiger partial charge in [-0.15, -0.1) is 0 Å². The number of nitrogens with one attached hydrogen (secondary N) is 2. The van der Waals surface area contributed by atoms with Gasteiger partial charge in [0.25, 0.3) is 0 Å². The molecule has 1 atom stereocenters. The Morgan fingerprint density at radius 1 is 1.17 bits per heavy atom. The van der Waals surface area contributed by atoms with Gasteiger partial charge in [-0.2, -0.15) is 5.10 Å². The lowest BCUT2D eigenvalue weighted by molar-refractivity contribution is 0.199. The number of hydrogen-bond donors (Lipinski definition) is 3. The summed E-state index contributed by atoms with van der Waals surface area (Å²) in [6.45, 7) is 1.75. The number of aromatic nitrogens is 4. The quantitative estimate of drug-likeness (QED) is 0.669. The van der Waals surface area contributed by atoms with E-state index in [0.717, 1.165) is 16.9 Å². The first kappa shape index (κ1) is 14.8. The number of aliphatic hydroxyl groups excluding tert-OH is 1. The lowest BCUT2D eigenvalue weighted by Crippen LogP contribution is -1.97. The van der Waals surface area contributed by atoms with E-state index in [1.807, 2.05) is 36.4 Å². The van der Waals surface area contributed by atoms with Crippen molar-refractivity contribution in [2.45, 2.75) is 31.8 Å². The van der Waals surface area contributed by atoms with Crippen molar-refractivity contribution in [3.63, 3.8) is 0 Å². The molecule has 1 aliphatic rings. The van der Waals surface area contributed by atoms with Crippen LogP contribution in [0.5, 0.6) is 0 Å². The summed E-state index contributed by atoms with van der Waals surface area (Å²) in [6, 6.07) is 11.5. The number of benzene rings is 1. The van der Waals surface area contributed by atoms with Crippen LogP contribution < -0.4 is 5.32 Å². The number of aromatic amines is 1. The highest BCUT2D eigenvalue weighted by molar-refractivity contribution is 5.60. The molecule has 1 unspecified atom stereocenters. The molecular weight excluding hydrogens is 302 g/mol. The van der Waals surface area contributed by atoms with Crippen LogP contribution in [-0.4, -0.2) is 25.3 Å². The second kappa shape index (κ2) is 6.05. The number of aliphatic hydroxyl groups is 1. The van der Waals surface area contributed by atoms with E-state index < -0.39 is 6.10 Å². The van der Waals surface area contributed by atoms with Gasteiger partial charge in [0, 0.05) is 29.4 Å². The van der Waals surface area contributed by atoms with Crippen molar-refractivity contribution >= 4 is 11.6 Å². The van der Waals surface area contributed by atoms with Crippen LogP contribution in [0.4, 0.5) is 11.6 Å². The van der Waals surface area contributed by atoms with Crippen LogP contribution in [0.2, 0.25) is 0 Å². The molecule has 0 aliphatic heterocycles. The smallest absolute Gasteiger partial charge is 0.161 e. The molecule has 122 valence electrons. The average Bonchev–Trinajstić information content (AvgIpc) is 3.35. The number of rotatable bonds is 5. The van der Waals surface area contributed by atoms with Crippen molar-refractivity contribution in [3.05, 3.63) is 53.9 Å². The van der Waals surface area contributed by atoms with Gasteiger partial charge in [-0.05, 0) is 31.4 Å². The Morgan fingerprint density at radius 3 is 2.67 bits per heavy atom. The molecule has 6 heteroatoms. The van der Waals surface area contributed by atoms with E-state index in [9.17, 15) is 5.11 Å². The van der Waals surface area contributed by atoms with Gasteiger partial charge in [-0.1, -0.05) is 24.3 Å². The van der Waals surface area contributed by atoms with Crippen molar-refractivity contribution in [1.29, 1.82) is 0 Å². The molecule has 3 N–H and O–H groups in total. The van der Waals surface area contributed by atoms with E-state index in [2.05, 4.69) is 25.5 Å². The molecule has 3 aromatic rings. The second-order valence-electron chi connectivity index (χ2n) is 6.17. The maximum atomic E-state index is 9.59. The van der Waals surface area contributed by atoms with E-state index in [0.29, 0.717) is 17.6 Å². The van der Waals surface area contributed by atoms with Crippen LogP contribution in [0.3, 0.4) is 0 Å². The van der Waals surface area contributed by atoms with E-state index in [1.165, 1.54) is 18.5 Å². The summed E-state index contributed by atoms with van der Waals surface area (Å²) in [6.07, 6.45) is 3.72. The molecule has 0 radical (unpaired) electrons. The van der Waals surface area contributed by atoms with E-state index in [-0.39, 0.29) is 0 Å². The molecule has 0 amide bonds. The predicted molar refractivity (Wildman–Crippen MR) is 91.9 cm³/mol. The van der Waals surface area contributed by atoms with Crippen molar-refractivity contribution in [2.75, 3.05) is 5.32 Å². The highest BCUT2D eigenvalue weighted by Gasteiger charge is 2.25. The maximum Gasteiger partial charge on any atom is 0.161 e. The Morgan fingerprint density at radius 2 is 1.96 bits per heavy atom. The summed E-state index contributed by atoms with van der Waals surface area (Å²) in [7, 11) is 0. The average molecular weight is 321 g/mol. The molecule has 0 bridgehead atoms. The summed E-state index contributed by atoms with van der Waals surface area (Å²) in [5.41, 5.74) is 2.96. The van der Waals surface area contributed by atoms with E-state index >= 15 is 0 Å². The summed E-state index contributed by atoms with van der Waals surface area (Å²) in [5.74, 6) is 2.75. The Hall–Kier alpha value is -2.73. The zero-order valence-electron chi connectivity index (χ0n) is 13.4. The Labute approximate surface area is 140 Å². The monoisotopic (exact) mass is 321 g/mol. The first-order valence-electron chi connectivity index (χ1n) is 8.13. The highest BCUT2D eigenvalue weighted by Crippen LogP contribution is 2.39. The molecule has 0 saturated heterocycles. The van der Waals surface area contributed by atoms with Gasteiger partial charge in [0.05, 0.1) is 6.10 Å². The van der Waals surface area contributed by atoms with Crippen molar-refractivity contribution in [2.24, 2.45) is 0 Å². The van der Waals surface area contributed by atoms with Crippen LogP contribution in [0.15, 0.2) is 42.6 Å². The molecule has 2 heterocycles. The van der Waals surface area contributed by atoms with Crippen LogP contribution in [0, 0.1) is 0 Å². The Bertz CT molecular complexity index is 837. The number of nitrogens with zero attached hydrogens (tertiary/aromatic N) is 3. The predicted octanol–water partition coefficient (Wildman–Crippen LogP) is 3.54. The number of hydrogen-bond acceptors (Lipinski definition) is 5. The van der Waals surface area contributed by atoms with Gasteiger partial charge in [0.15, 0.2) is 11.6 Å². The third-order valence-corrected chi connectivity index (χ3v) is 4.18. The standard InChI is InChI=1S/C18H19N5O/c1-11(24)12-2-6-14(7-3-12)18-19-9-8-16(21-18)20-17-10-15(22-23-17)13-4-5-13/h2-3,6-11,13,24H,4-5H2,1H3,(H2,19,20,21,22,23). The maximum absolute atomic E-state index is 9.59. The molecule has 4 rings (SSSR count). The molecule has 2 aromatic heterocycles. The molecular formula is C18H19N5O. The van der Waals surface area contributed by atoms with Crippen LogP contribution in [-0.2, 0) is 0 Å². The fraction of sp³-hybridized carbons (Fsp3) is 0.278. The summed E-state index contributed by atoms with van der Waals surface area (Å²) >= 11 is 0. The first-order valence-corrected chi connectivity index (χ1v) is 8.13. The minimum atomic E-state index is -0.478. The topological polar surface area (TPSA) is 86.7 Å². The van der Waals surface area contributed by atoms with Crippen LogP contribution in [0.25, 0.3) is 11.4 Å². The van der Waals surface area contributed by atoms with Gasteiger partial charge < -0.3 is 10.4 Å². The normalized spacial score (nSPS) is 15.2. The van der Waals surface area contributed by atoms with Gasteiger partial charge in [0.1, 0.15) is 5.82 Å². The van der Waals surface area contributed by atoms with E-state index in [1.54, 1.807) is 13.1 Å². The second-order valence-corrected chi connectivity index (χ2v) is 6.17. The van der Waals surface area contributed by atoms with Gasteiger partial charge in [-0.3, -0.25) is 5.10 Å². The van der Waals surface area contributed by atoms with Crippen molar-refractivity contribution in [3.8, 4) is 11.4 Å². The first-order chi connectivity index (χ1) is 11.7. The molecule has 1 aliphatic carbocycles. The summed E-state index contributed by atoms with van der Waals surface area (Å²) < 4.78 is 0. The van der Waals surface area contributed by atoms with Crippen LogP contribution >= 0.6 is 0 Å². The summed E-state index contributed by atoms with van der Waals surface area (Å²) in [5, 5.41) is 20.2. The molecule has 24 heavy (non-hydrogen) atoms. The largest absolute Gasteiger partial charge is 0.389 e. The minimum Gasteiger partial charge on any atom is -0.389 e. The lowest BCUT2D eigenvalue weighted by Gasteiger charge is -2.07. The molecule has 1 aromatic carbocycles. The molecule has 0 spiro atoms. The SMILES string of the molecule is CC(O)c1ccc(-c2nccc(Nc3cc(C4CC4)[nH]n3)n2)cc1. The van der Waals surface area contributed by atoms with Gasteiger partial charge >= 0.3 is 0 Å². The minimum absolute atomic E-state index is 0.478. The molecule has 1 saturated carbocycles. The molecule has 1 fully saturated rings. The van der Waals surface area contributed by atoms with Crippen molar-refractivity contribution < 1.29 is 5.11 Å². The zero-order valence-corrected chi connectivity index (χ0v) is 13.4. The third-order valence-electron chi connectivity index (χ3n) is 4.18. The Balaban J connectivity index is 1.53. The lowest BCUT2D eigenvalue weighted by atomic mass is 10.1. The summed E-state index contributed by atoms with van der Waals surface area (Å²) in [4.78, 5) is 8.87. The van der Waals surface area contributed by atoms with Gasteiger partial charge in [0.2, 0.25) is 0 Å². The van der Waals surface area contributed by atoms with Crippen molar-refractivity contribution in [1.82, 2.24) is 20.2 Å². The van der Waals surface area contributed by atoms with E-state index in [4.69, 9.17) is 0 Å². The fourth-order valence-electron chi connectivity index (χ4n) is 2.61. The van der Waals surface area contributed by atoms with Crippen LogP contribution in [0.1, 0.15) is 43.0 Å². The number of anilines is 2. The van der Waals surface area contributed by atoms with Gasteiger partial charge in [-0.25, -0.2) is 9.97 Å². The third kappa shape index (κ3) is 3.14. The fourth-order valence-corrected chi connectivity index (χ4v) is 2.61. The number of H-pyrrole nitrogens is 1. The zero-order chi connectivity index (χ0) is 16.5. The molecule has 6 nitrogen and oxygen atoms in total. The highest BCUT2D eigenvalue weighted by atomic mass is 16.3. The Kier molecular flexibility index (Phi) is 3.74.